The van der Waals surface area contributed by atoms with Crippen molar-refractivity contribution >= 4 is 10.0 Å². The zero-order chi connectivity index (χ0) is 13.2. The fourth-order valence-corrected chi connectivity index (χ4v) is 3.57. The quantitative estimate of drug-likeness (QED) is 0.838. The molecule has 0 unspecified atom stereocenters. The Morgan fingerprint density at radius 3 is 2.67 bits per heavy atom. The predicted molar refractivity (Wildman–Crippen MR) is 65.3 cm³/mol. The summed E-state index contributed by atoms with van der Waals surface area (Å²) in [6.07, 6.45) is 1.11. The molecule has 8 heteroatoms. The van der Waals surface area contributed by atoms with Gasteiger partial charge < -0.3 is 4.74 Å². The van der Waals surface area contributed by atoms with Crippen LogP contribution in [0.15, 0.2) is 0 Å². The maximum absolute atomic E-state index is 12.3. The molecule has 2 rings (SSSR count). The molecule has 2 heterocycles. The van der Waals surface area contributed by atoms with Crippen molar-refractivity contribution in [3.05, 3.63) is 11.6 Å². The van der Waals surface area contributed by atoms with Gasteiger partial charge in [0.25, 0.3) is 0 Å². The lowest BCUT2D eigenvalue weighted by atomic mass is 10.2. The lowest BCUT2D eigenvalue weighted by molar-refractivity contribution is 0.0973. The molecule has 0 atom stereocenters. The molecule has 102 valence electrons. The zero-order valence-electron chi connectivity index (χ0n) is 10.6. The molecule has 0 amide bonds. The van der Waals surface area contributed by atoms with Gasteiger partial charge in [0.1, 0.15) is 5.82 Å². The molecule has 0 aliphatic carbocycles. The van der Waals surface area contributed by atoms with E-state index in [0.29, 0.717) is 37.7 Å². The molecule has 0 radical (unpaired) electrons. The summed E-state index contributed by atoms with van der Waals surface area (Å²) in [5, 5.41) is 6.30. The predicted octanol–water partition coefficient (Wildman–Crippen LogP) is 0.0537. The minimum Gasteiger partial charge on any atom is -0.381 e. The van der Waals surface area contributed by atoms with Crippen LogP contribution in [0.1, 0.15) is 24.5 Å². The number of hydrogen-bond acceptors (Lipinski definition) is 5. The number of H-pyrrole nitrogens is 1. The summed E-state index contributed by atoms with van der Waals surface area (Å²) in [7, 11) is -1.73. The molecule has 18 heavy (non-hydrogen) atoms. The van der Waals surface area contributed by atoms with E-state index in [1.54, 1.807) is 14.0 Å². The number of aromatic nitrogens is 3. The smallest absolute Gasteiger partial charge is 0.217 e. The first-order valence-corrected chi connectivity index (χ1v) is 7.41. The van der Waals surface area contributed by atoms with Crippen molar-refractivity contribution in [2.75, 3.05) is 20.3 Å². The van der Waals surface area contributed by atoms with Gasteiger partial charge in [-0.1, -0.05) is 0 Å². The van der Waals surface area contributed by atoms with E-state index >= 15 is 0 Å². The van der Waals surface area contributed by atoms with Crippen molar-refractivity contribution in [1.29, 1.82) is 0 Å². The van der Waals surface area contributed by atoms with Gasteiger partial charge in [0.15, 0.2) is 5.82 Å². The summed E-state index contributed by atoms with van der Waals surface area (Å²) in [6, 6.07) is 0. The Labute approximate surface area is 107 Å². The molecular weight excluding hydrogens is 256 g/mol. The van der Waals surface area contributed by atoms with Gasteiger partial charge >= 0.3 is 0 Å². The van der Waals surface area contributed by atoms with Gasteiger partial charge in [-0.25, -0.2) is 13.4 Å². The number of aryl methyl sites for hydroxylation is 1. The molecule has 0 spiro atoms. The monoisotopic (exact) mass is 274 g/mol. The summed E-state index contributed by atoms with van der Waals surface area (Å²) < 4.78 is 31.1. The summed E-state index contributed by atoms with van der Waals surface area (Å²) >= 11 is 0. The average molecular weight is 274 g/mol. The summed E-state index contributed by atoms with van der Waals surface area (Å²) in [6.45, 7) is 3.00. The molecule has 1 N–H and O–H groups in total. The van der Waals surface area contributed by atoms with Gasteiger partial charge in [0, 0.05) is 20.3 Å². The molecule has 0 aromatic carbocycles. The molecular formula is C10H18N4O3S. The zero-order valence-corrected chi connectivity index (χ0v) is 11.4. The van der Waals surface area contributed by atoms with Crippen LogP contribution in [0.3, 0.4) is 0 Å². The largest absolute Gasteiger partial charge is 0.381 e. The summed E-state index contributed by atoms with van der Waals surface area (Å²) in [5.74, 6) is 1.17. The van der Waals surface area contributed by atoms with E-state index in [1.807, 2.05) is 0 Å². The number of ether oxygens (including phenoxy) is 1. The highest BCUT2D eigenvalue weighted by molar-refractivity contribution is 7.89. The number of rotatable bonds is 4. The van der Waals surface area contributed by atoms with Gasteiger partial charge in [-0.05, 0) is 19.8 Å². The molecule has 1 aromatic heterocycles. The minimum atomic E-state index is -3.29. The van der Waals surface area contributed by atoms with E-state index in [0.717, 1.165) is 0 Å². The second-order valence-corrected chi connectivity index (χ2v) is 6.77. The summed E-state index contributed by atoms with van der Waals surface area (Å²) in [5.41, 5.74) is 0. The lowest BCUT2D eigenvalue weighted by Gasteiger charge is -2.26. The van der Waals surface area contributed by atoms with Crippen LogP contribution in [0.5, 0.6) is 0 Å². The maximum Gasteiger partial charge on any atom is 0.217 e. The number of sulfonamides is 1. The number of nitrogens with one attached hydrogen (secondary N) is 1. The van der Waals surface area contributed by atoms with Gasteiger partial charge in [-0.15, -0.1) is 0 Å². The fourth-order valence-electron chi connectivity index (χ4n) is 1.98. The van der Waals surface area contributed by atoms with E-state index in [2.05, 4.69) is 15.2 Å². The third-order valence-electron chi connectivity index (χ3n) is 3.03. The SMILES string of the molecule is Cc1nc(CN(C)S(=O)(=O)C2CCOCC2)n[nH]1. The number of aromatic amines is 1. The highest BCUT2D eigenvalue weighted by Crippen LogP contribution is 2.19. The molecule has 1 saturated heterocycles. The average Bonchev–Trinajstić information content (AvgIpc) is 2.76. The molecule has 0 saturated carbocycles. The van der Waals surface area contributed by atoms with Crippen LogP contribution in [0.4, 0.5) is 0 Å². The van der Waals surface area contributed by atoms with Crippen LogP contribution in [0, 0.1) is 6.92 Å². The van der Waals surface area contributed by atoms with Gasteiger partial charge in [0.05, 0.1) is 11.8 Å². The van der Waals surface area contributed by atoms with E-state index in [-0.39, 0.29) is 11.8 Å². The van der Waals surface area contributed by atoms with Crippen LogP contribution >= 0.6 is 0 Å². The van der Waals surface area contributed by atoms with Crippen LogP contribution in [0.2, 0.25) is 0 Å². The number of nitrogens with zero attached hydrogens (tertiary/aromatic N) is 3. The Kier molecular flexibility index (Phi) is 3.98. The van der Waals surface area contributed by atoms with Crippen LogP contribution in [-0.4, -0.2) is 53.4 Å². The van der Waals surface area contributed by atoms with Crippen molar-refractivity contribution in [3.63, 3.8) is 0 Å². The van der Waals surface area contributed by atoms with Crippen molar-refractivity contribution < 1.29 is 13.2 Å². The van der Waals surface area contributed by atoms with Crippen LogP contribution in [0.25, 0.3) is 0 Å². The van der Waals surface area contributed by atoms with Gasteiger partial charge in [-0.2, -0.15) is 9.40 Å². The summed E-state index contributed by atoms with van der Waals surface area (Å²) in [4.78, 5) is 4.11. The maximum atomic E-state index is 12.3. The molecule has 1 aliphatic heterocycles. The van der Waals surface area contributed by atoms with Gasteiger partial charge in [0.2, 0.25) is 10.0 Å². The van der Waals surface area contributed by atoms with Crippen molar-refractivity contribution in [2.24, 2.45) is 0 Å². The normalized spacial score (nSPS) is 18.4. The highest BCUT2D eigenvalue weighted by atomic mass is 32.2. The van der Waals surface area contributed by atoms with E-state index in [9.17, 15) is 8.42 Å². The standard InChI is InChI=1S/C10H18N4O3S/c1-8-11-10(13-12-8)7-14(2)18(15,16)9-3-5-17-6-4-9/h9H,3-7H2,1-2H3,(H,11,12,13). The fraction of sp³-hybridized carbons (Fsp3) is 0.800. The molecule has 7 nitrogen and oxygen atoms in total. The Morgan fingerprint density at radius 1 is 1.44 bits per heavy atom. The topological polar surface area (TPSA) is 88.2 Å². The van der Waals surface area contributed by atoms with Crippen molar-refractivity contribution in [1.82, 2.24) is 19.5 Å². The van der Waals surface area contributed by atoms with Gasteiger partial charge in [-0.3, -0.25) is 5.10 Å². The van der Waals surface area contributed by atoms with E-state index < -0.39 is 10.0 Å². The Bertz CT molecular complexity index is 493. The molecule has 1 aromatic rings. The second kappa shape index (κ2) is 5.33. The van der Waals surface area contributed by atoms with Crippen LogP contribution < -0.4 is 0 Å². The van der Waals surface area contributed by atoms with Crippen LogP contribution in [-0.2, 0) is 21.3 Å². The molecule has 0 bridgehead atoms. The Morgan fingerprint density at radius 2 is 2.11 bits per heavy atom. The number of hydrogen-bond donors (Lipinski definition) is 1. The first-order chi connectivity index (χ1) is 8.50. The first kappa shape index (κ1) is 13.4. The second-order valence-electron chi connectivity index (χ2n) is 4.45. The molecule has 1 fully saturated rings. The highest BCUT2D eigenvalue weighted by Gasteiger charge is 2.31. The van der Waals surface area contributed by atoms with E-state index in [4.69, 9.17) is 4.74 Å². The lowest BCUT2D eigenvalue weighted by Crippen LogP contribution is -2.39. The van der Waals surface area contributed by atoms with Crippen molar-refractivity contribution in [2.45, 2.75) is 31.6 Å². The third-order valence-corrected chi connectivity index (χ3v) is 5.34. The molecule has 1 aliphatic rings. The Balaban J connectivity index is 2.04. The first-order valence-electron chi connectivity index (χ1n) is 5.91. The Hall–Kier alpha value is -0.990. The van der Waals surface area contributed by atoms with Crippen molar-refractivity contribution in [3.8, 4) is 0 Å². The van der Waals surface area contributed by atoms with E-state index in [1.165, 1.54) is 4.31 Å². The third kappa shape index (κ3) is 2.88. The minimum absolute atomic E-state index is 0.198.